The Morgan fingerprint density at radius 3 is 2.66 bits per heavy atom. The van der Waals surface area contributed by atoms with Crippen molar-refractivity contribution in [1.82, 2.24) is 4.57 Å². The first kappa shape index (κ1) is 19.3. The van der Waals surface area contributed by atoms with Crippen LogP contribution in [0.1, 0.15) is 21.5 Å². The van der Waals surface area contributed by atoms with Crippen LogP contribution in [0.15, 0.2) is 48.5 Å². The molecule has 0 saturated carbocycles. The summed E-state index contributed by atoms with van der Waals surface area (Å²) in [5, 5.41) is 2.21. The molecule has 1 heterocycles. The normalized spacial score (nSPS) is 11.3. The van der Waals surface area contributed by atoms with E-state index in [1.54, 1.807) is 20.3 Å². The van der Waals surface area contributed by atoms with Crippen LogP contribution in [0.5, 0.6) is 5.75 Å². The van der Waals surface area contributed by atoms with Crippen molar-refractivity contribution in [2.45, 2.75) is 13.2 Å². The van der Waals surface area contributed by atoms with Crippen LogP contribution in [-0.4, -0.2) is 24.7 Å². The Morgan fingerprint density at radius 2 is 1.97 bits per heavy atom. The topological polar surface area (TPSA) is 66.5 Å². The van der Waals surface area contributed by atoms with Gasteiger partial charge in [-0.2, -0.15) is 0 Å². The van der Waals surface area contributed by atoms with E-state index >= 15 is 0 Å². The van der Waals surface area contributed by atoms with Crippen LogP contribution < -0.4 is 10.5 Å². The summed E-state index contributed by atoms with van der Waals surface area (Å²) in [5.74, 6) is 0.167. The summed E-state index contributed by atoms with van der Waals surface area (Å²) in [7, 11) is 3.25. The van der Waals surface area contributed by atoms with E-state index in [0.29, 0.717) is 29.5 Å². The molecule has 0 fully saturated rings. The number of halogens is 1. The standard InChI is InChI=1S/C23H20ClN2O3/c1-28-13-15-6-8-16-20(11-15)26(12-14-7-9-21(29-2)18(24)10-14)19-5-3-4-17(22(16)19)23(25)27/h3-7,9-11H,12-13H2,1-2H3,(H2,25,27). The average Bonchev–Trinajstić information content (AvgIpc) is 3.01. The molecule has 1 aromatic heterocycles. The van der Waals surface area contributed by atoms with Gasteiger partial charge < -0.3 is 19.8 Å². The van der Waals surface area contributed by atoms with Gasteiger partial charge in [0, 0.05) is 30.0 Å². The molecule has 147 valence electrons. The third-order valence-corrected chi connectivity index (χ3v) is 5.28. The fourth-order valence-corrected chi connectivity index (χ4v) is 4.00. The Bertz CT molecular complexity index is 1230. The van der Waals surface area contributed by atoms with Crippen LogP contribution >= 0.6 is 11.6 Å². The Kier molecular flexibility index (Phi) is 5.18. The summed E-state index contributed by atoms with van der Waals surface area (Å²) in [6.07, 6.45) is 0. The second-order valence-electron chi connectivity index (χ2n) is 6.82. The highest BCUT2D eigenvalue weighted by atomic mass is 35.5. The molecule has 1 amide bonds. The Balaban J connectivity index is 1.97. The lowest BCUT2D eigenvalue weighted by molar-refractivity contribution is 0.100. The molecule has 5 nitrogen and oxygen atoms in total. The highest BCUT2D eigenvalue weighted by Gasteiger charge is 2.17. The van der Waals surface area contributed by atoms with E-state index in [0.717, 1.165) is 32.9 Å². The number of ether oxygens (including phenoxy) is 2. The van der Waals surface area contributed by atoms with Gasteiger partial charge in [0.05, 0.1) is 29.8 Å². The van der Waals surface area contributed by atoms with Crippen molar-refractivity contribution < 1.29 is 14.3 Å². The van der Waals surface area contributed by atoms with Crippen molar-refractivity contribution in [2.75, 3.05) is 14.2 Å². The second-order valence-corrected chi connectivity index (χ2v) is 7.23. The number of primary amides is 1. The van der Waals surface area contributed by atoms with Crippen LogP contribution in [0.4, 0.5) is 0 Å². The minimum atomic E-state index is -0.462. The molecule has 3 aromatic carbocycles. The van der Waals surface area contributed by atoms with E-state index in [1.807, 2.05) is 36.4 Å². The van der Waals surface area contributed by atoms with Crippen molar-refractivity contribution in [2.24, 2.45) is 5.73 Å². The maximum absolute atomic E-state index is 12.1. The lowest BCUT2D eigenvalue weighted by Crippen LogP contribution is -2.11. The van der Waals surface area contributed by atoms with E-state index in [4.69, 9.17) is 26.8 Å². The fourth-order valence-electron chi connectivity index (χ4n) is 3.72. The molecule has 6 heteroatoms. The molecule has 4 aromatic rings. The zero-order valence-corrected chi connectivity index (χ0v) is 16.9. The molecular formula is C23H20ClN2O3. The maximum Gasteiger partial charge on any atom is 0.249 e. The van der Waals surface area contributed by atoms with Crippen LogP contribution in [0, 0.1) is 6.07 Å². The van der Waals surface area contributed by atoms with Crippen LogP contribution in [0.2, 0.25) is 5.02 Å². The minimum Gasteiger partial charge on any atom is -0.495 e. The summed E-state index contributed by atoms with van der Waals surface area (Å²) >= 11 is 6.32. The lowest BCUT2D eigenvalue weighted by atomic mass is 10.0. The number of nitrogens with zero attached hydrogens (tertiary/aromatic N) is 1. The van der Waals surface area contributed by atoms with Gasteiger partial charge in [-0.15, -0.1) is 0 Å². The van der Waals surface area contributed by atoms with E-state index < -0.39 is 5.91 Å². The predicted octanol–water partition coefficient (Wildman–Crippen LogP) is 4.55. The SMILES string of the molecule is COCc1c[c]c2c3c(C(N)=O)cccc3n(Cc3ccc(OC)c(Cl)c3)c2c1. The summed E-state index contributed by atoms with van der Waals surface area (Å²) in [4.78, 5) is 12.1. The second kappa shape index (κ2) is 7.78. The molecule has 29 heavy (non-hydrogen) atoms. The first-order valence-electron chi connectivity index (χ1n) is 9.10. The number of aromatic nitrogens is 1. The van der Waals surface area contributed by atoms with E-state index in [1.165, 1.54) is 0 Å². The third-order valence-electron chi connectivity index (χ3n) is 4.99. The van der Waals surface area contributed by atoms with E-state index in [2.05, 4.69) is 16.7 Å². The number of carbonyl (C=O) groups excluding carboxylic acids is 1. The maximum atomic E-state index is 12.1. The summed E-state index contributed by atoms with van der Waals surface area (Å²) < 4.78 is 12.7. The lowest BCUT2D eigenvalue weighted by Gasteiger charge is -2.11. The van der Waals surface area contributed by atoms with Gasteiger partial charge >= 0.3 is 0 Å². The molecule has 0 aliphatic rings. The Morgan fingerprint density at radius 1 is 1.14 bits per heavy atom. The number of methoxy groups -OCH3 is 2. The largest absolute Gasteiger partial charge is 0.495 e. The average molecular weight is 408 g/mol. The van der Waals surface area contributed by atoms with Gasteiger partial charge in [0.2, 0.25) is 5.91 Å². The van der Waals surface area contributed by atoms with Gasteiger partial charge in [0.25, 0.3) is 0 Å². The molecule has 0 saturated heterocycles. The van der Waals surface area contributed by atoms with Crippen molar-refractivity contribution in [1.29, 1.82) is 0 Å². The number of hydrogen-bond acceptors (Lipinski definition) is 3. The van der Waals surface area contributed by atoms with Crippen LogP contribution in [-0.2, 0) is 17.9 Å². The molecule has 1 radical (unpaired) electrons. The number of amides is 1. The van der Waals surface area contributed by atoms with Crippen molar-refractivity contribution in [3.8, 4) is 5.75 Å². The van der Waals surface area contributed by atoms with Crippen molar-refractivity contribution >= 4 is 39.3 Å². The van der Waals surface area contributed by atoms with E-state index in [9.17, 15) is 4.79 Å². The number of fused-ring (bicyclic) bond motifs is 3. The summed E-state index contributed by atoms with van der Waals surface area (Å²) in [5.41, 5.74) is 10.0. The molecule has 0 unspecified atom stereocenters. The minimum absolute atomic E-state index is 0.462. The summed E-state index contributed by atoms with van der Waals surface area (Å²) in [6, 6.07) is 18.6. The zero-order valence-electron chi connectivity index (χ0n) is 16.2. The number of carbonyl (C=O) groups is 1. The number of rotatable bonds is 6. The highest BCUT2D eigenvalue weighted by Crippen LogP contribution is 2.33. The van der Waals surface area contributed by atoms with Gasteiger partial charge in [-0.05, 0) is 53.6 Å². The number of benzene rings is 3. The monoisotopic (exact) mass is 407 g/mol. The molecule has 0 atom stereocenters. The summed E-state index contributed by atoms with van der Waals surface area (Å²) in [6.45, 7) is 1.04. The van der Waals surface area contributed by atoms with Gasteiger partial charge in [-0.1, -0.05) is 23.7 Å². The van der Waals surface area contributed by atoms with Gasteiger partial charge in [0.15, 0.2) is 0 Å². The van der Waals surface area contributed by atoms with Gasteiger partial charge in [0.1, 0.15) is 5.75 Å². The molecule has 4 rings (SSSR count). The van der Waals surface area contributed by atoms with E-state index in [-0.39, 0.29) is 0 Å². The molecule has 2 N–H and O–H groups in total. The van der Waals surface area contributed by atoms with Crippen LogP contribution in [0.25, 0.3) is 21.8 Å². The first-order chi connectivity index (χ1) is 14.0. The highest BCUT2D eigenvalue weighted by molar-refractivity contribution is 6.32. The number of nitrogens with two attached hydrogens (primary N) is 1. The quantitative estimate of drug-likeness (QED) is 0.510. The molecule has 0 aliphatic heterocycles. The molecular weight excluding hydrogens is 388 g/mol. The van der Waals surface area contributed by atoms with Crippen molar-refractivity contribution in [3.05, 3.63) is 76.3 Å². The molecule has 0 aliphatic carbocycles. The third kappa shape index (κ3) is 3.43. The first-order valence-corrected chi connectivity index (χ1v) is 9.48. The molecule has 0 spiro atoms. The van der Waals surface area contributed by atoms with Crippen LogP contribution in [0.3, 0.4) is 0 Å². The predicted molar refractivity (Wildman–Crippen MR) is 115 cm³/mol. The Labute approximate surface area is 173 Å². The zero-order chi connectivity index (χ0) is 20.5. The number of hydrogen-bond donors (Lipinski definition) is 1. The smallest absolute Gasteiger partial charge is 0.249 e. The Hall–Kier alpha value is -3.02. The van der Waals surface area contributed by atoms with Crippen molar-refractivity contribution in [3.63, 3.8) is 0 Å². The fraction of sp³-hybridized carbons (Fsp3) is 0.174. The van der Waals surface area contributed by atoms with Gasteiger partial charge in [-0.25, -0.2) is 0 Å². The van der Waals surface area contributed by atoms with Gasteiger partial charge in [-0.3, -0.25) is 4.79 Å². The molecule has 0 bridgehead atoms.